The van der Waals surface area contributed by atoms with Crippen molar-refractivity contribution in [2.24, 2.45) is 5.41 Å². The van der Waals surface area contributed by atoms with Crippen LogP contribution in [0.3, 0.4) is 0 Å². The molecule has 0 bridgehead atoms. The SMILES string of the molecule is Cc1noc(C)c1S(=O)(=O)N1CC/C(=C\C#Cc2cccc(Cl)c2)C(C)(C)C1. The molecule has 5 nitrogen and oxygen atoms in total. The standard InChI is InChI=1S/C21H23ClN2O3S/c1-15-20(16(2)27-23-15)28(25,26)24-12-11-18(21(3,4)14-24)9-5-7-17-8-6-10-19(22)13-17/h6,8-10,13H,11-12,14H2,1-4H3/b18-9+. The van der Waals surface area contributed by atoms with E-state index >= 15 is 0 Å². The smallest absolute Gasteiger partial charge is 0.248 e. The molecule has 1 aromatic carbocycles. The monoisotopic (exact) mass is 418 g/mol. The maximum Gasteiger partial charge on any atom is 0.248 e. The van der Waals surface area contributed by atoms with Crippen molar-refractivity contribution < 1.29 is 12.9 Å². The zero-order valence-corrected chi connectivity index (χ0v) is 18.0. The fraction of sp³-hybridized carbons (Fsp3) is 0.381. The van der Waals surface area contributed by atoms with E-state index in [-0.39, 0.29) is 10.3 Å². The summed E-state index contributed by atoms with van der Waals surface area (Å²) in [6.45, 7) is 8.13. The molecule has 0 radical (unpaired) electrons. The number of rotatable bonds is 2. The first-order chi connectivity index (χ1) is 13.1. The Morgan fingerprint density at radius 2 is 2.07 bits per heavy atom. The lowest BCUT2D eigenvalue weighted by molar-refractivity contribution is 0.253. The van der Waals surface area contributed by atoms with Gasteiger partial charge < -0.3 is 4.52 Å². The Balaban J connectivity index is 1.82. The van der Waals surface area contributed by atoms with E-state index in [1.54, 1.807) is 13.8 Å². The molecule has 0 unspecified atom stereocenters. The summed E-state index contributed by atoms with van der Waals surface area (Å²) in [5.41, 5.74) is 2.05. The van der Waals surface area contributed by atoms with Crippen molar-refractivity contribution in [2.75, 3.05) is 13.1 Å². The van der Waals surface area contributed by atoms with Gasteiger partial charge in [-0.2, -0.15) is 4.31 Å². The third-order valence-corrected chi connectivity index (χ3v) is 7.25. The van der Waals surface area contributed by atoms with Gasteiger partial charge in [-0.25, -0.2) is 8.42 Å². The number of aromatic nitrogens is 1. The Morgan fingerprint density at radius 1 is 1.32 bits per heavy atom. The fourth-order valence-electron chi connectivity index (χ4n) is 3.42. The molecule has 1 aliphatic rings. The summed E-state index contributed by atoms with van der Waals surface area (Å²) < 4.78 is 32.7. The van der Waals surface area contributed by atoms with E-state index in [0.29, 0.717) is 36.0 Å². The Hall–Kier alpha value is -2.07. The number of hydrogen-bond donors (Lipinski definition) is 0. The van der Waals surface area contributed by atoms with Crippen LogP contribution < -0.4 is 0 Å². The summed E-state index contributed by atoms with van der Waals surface area (Å²) in [5.74, 6) is 6.50. The molecule has 0 atom stereocenters. The molecule has 2 aromatic rings. The van der Waals surface area contributed by atoms with Crippen LogP contribution in [0, 0.1) is 31.1 Å². The van der Waals surface area contributed by atoms with Crippen molar-refractivity contribution in [3.05, 3.63) is 58.0 Å². The molecule has 2 heterocycles. The van der Waals surface area contributed by atoms with Gasteiger partial charge in [0.15, 0.2) is 5.76 Å². The molecule has 3 rings (SSSR count). The van der Waals surface area contributed by atoms with Gasteiger partial charge in [0.25, 0.3) is 0 Å². The largest absolute Gasteiger partial charge is 0.360 e. The quantitative estimate of drug-likeness (QED) is 0.680. The van der Waals surface area contributed by atoms with Gasteiger partial charge in [0.2, 0.25) is 10.0 Å². The van der Waals surface area contributed by atoms with Gasteiger partial charge in [0.05, 0.1) is 0 Å². The van der Waals surface area contributed by atoms with Crippen molar-refractivity contribution in [3.63, 3.8) is 0 Å². The van der Waals surface area contributed by atoms with E-state index in [4.69, 9.17) is 16.1 Å². The number of piperidine rings is 1. The second-order valence-electron chi connectivity index (χ2n) is 7.58. The Morgan fingerprint density at radius 3 is 2.68 bits per heavy atom. The van der Waals surface area contributed by atoms with Gasteiger partial charge in [-0.3, -0.25) is 0 Å². The molecule has 1 aliphatic heterocycles. The Bertz CT molecular complexity index is 1070. The zero-order valence-electron chi connectivity index (χ0n) is 16.4. The van der Waals surface area contributed by atoms with Crippen molar-refractivity contribution in [2.45, 2.75) is 39.0 Å². The molecule has 0 saturated carbocycles. The van der Waals surface area contributed by atoms with Crippen LogP contribution in [0.4, 0.5) is 0 Å². The summed E-state index contributed by atoms with van der Waals surface area (Å²) in [4.78, 5) is 0.177. The maximum absolute atomic E-state index is 13.1. The predicted molar refractivity (Wildman–Crippen MR) is 110 cm³/mol. The Labute approximate surface area is 171 Å². The normalized spacial score (nSPS) is 18.7. The average molecular weight is 419 g/mol. The Kier molecular flexibility index (Phi) is 5.72. The van der Waals surface area contributed by atoms with Gasteiger partial charge in [0.1, 0.15) is 10.6 Å². The predicted octanol–water partition coefficient (Wildman–Crippen LogP) is 4.34. The lowest BCUT2D eigenvalue weighted by Crippen LogP contribution is -2.45. The van der Waals surface area contributed by atoms with Crippen molar-refractivity contribution in [1.29, 1.82) is 0 Å². The molecule has 1 saturated heterocycles. The summed E-state index contributed by atoms with van der Waals surface area (Å²) in [6, 6.07) is 7.39. The number of aryl methyl sites for hydroxylation is 2. The topological polar surface area (TPSA) is 63.4 Å². The molecular formula is C21H23ClN2O3S. The number of nitrogens with zero attached hydrogens (tertiary/aromatic N) is 2. The van der Waals surface area contributed by atoms with Crippen molar-refractivity contribution in [3.8, 4) is 11.8 Å². The molecule has 0 spiro atoms. The maximum atomic E-state index is 13.1. The minimum Gasteiger partial charge on any atom is -0.360 e. The number of allylic oxidation sites excluding steroid dienone is 1. The van der Waals surface area contributed by atoms with Crippen LogP contribution >= 0.6 is 11.6 Å². The van der Waals surface area contributed by atoms with Crippen LogP contribution in [-0.2, 0) is 10.0 Å². The minimum absolute atomic E-state index is 0.177. The van der Waals surface area contributed by atoms with E-state index in [9.17, 15) is 8.42 Å². The number of hydrogen-bond acceptors (Lipinski definition) is 4. The molecule has 28 heavy (non-hydrogen) atoms. The average Bonchev–Trinajstić information content (AvgIpc) is 2.95. The molecule has 1 fully saturated rings. The van der Waals surface area contributed by atoms with Crippen molar-refractivity contribution >= 4 is 21.6 Å². The van der Waals surface area contributed by atoms with Crippen molar-refractivity contribution in [1.82, 2.24) is 9.46 Å². The van der Waals surface area contributed by atoms with Gasteiger partial charge in [-0.15, -0.1) is 0 Å². The number of halogens is 1. The summed E-state index contributed by atoms with van der Waals surface area (Å²) in [7, 11) is -3.64. The van der Waals surface area contributed by atoms with E-state index < -0.39 is 10.0 Å². The highest BCUT2D eigenvalue weighted by molar-refractivity contribution is 7.89. The molecular weight excluding hydrogens is 396 g/mol. The van der Waals surface area contributed by atoms with Crippen LogP contribution in [0.1, 0.15) is 37.3 Å². The van der Waals surface area contributed by atoms with E-state index in [1.165, 1.54) is 4.31 Å². The third-order valence-electron chi connectivity index (χ3n) is 4.92. The molecule has 7 heteroatoms. The van der Waals surface area contributed by atoms with Crippen LogP contribution in [0.15, 0.2) is 45.3 Å². The first-order valence-electron chi connectivity index (χ1n) is 9.01. The lowest BCUT2D eigenvalue weighted by atomic mass is 9.79. The zero-order chi connectivity index (χ0) is 20.5. The van der Waals surface area contributed by atoms with Crippen LogP contribution in [0.25, 0.3) is 0 Å². The lowest BCUT2D eigenvalue weighted by Gasteiger charge is -2.39. The minimum atomic E-state index is -3.64. The highest BCUT2D eigenvalue weighted by atomic mass is 35.5. The molecule has 0 amide bonds. The van der Waals surface area contributed by atoms with Gasteiger partial charge in [0, 0.05) is 29.1 Å². The van der Waals surface area contributed by atoms with Gasteiger partial charge >= 0.3 is 0 Å². The summed E-state index contributed by atoms with van der Waals surface area (Å²) in [6.07, 6.45) is 2.53. The van der Waals surface area contributed by atoms with E-state index in [1.807, 2.05) is 44.2 Å². The third kappa shape index (κ3) is 4.17. The highest BCUT2D eigenvalue weighted by Crippen LogP contribution is 2.37. The first-order valence-corrected chi connectivity index (χ1v) is 10.8. The van der Waals surface area contributed by atoms with Gasteiger partial charge in [-0.05, 0) is 44.5 Å². The second-order valence-corrected chi connectivity index (χ2v) is 9.89. The summed E-state index contributed by atoms with van der Waals surface area (Å²) >= 11 is 5.98. The van der Waals surface area contributed by atoms with Gasteiger partial charge in [-0.1, -0.05) is 54.1 Å². The molecule has 0 N–H and O–H groups in total. The number of sulfonamides is 1. The number of benzene rings is 1. The molecule has 148 valence electrons. The van der Waals surface area contributed by atoms with E-state index in [0.717, 1.165) is 11.1 Å². The molecule has 0 aliphatic carbocycles. The first kappa shape index (κ1) is 20.7. The van der Waals surface area contributed by atoms with Crippen LogP contribution in [-0.4, -0.2) is 31.0 Å². The highest BCUT2D eigenvalue weighted by Gasteiger charge is 2.39. The second kappa shape index (κ2) is 7.75. The summed E-state index contributed by atoms with van der Waals surface area (Å²) in [5, 5.41) is 4.43. The fourth-order valence-corrected chi connectivity index (χ4v) is 5.51. The molecule has 1 aromatic heterocycles. The van der Waals surface area contributed by atoms with E-state index in [2.05, 4.69) is 17.0 Å². The van der Waals surface area contributed by atoms with Crippen LogP contribution in [0.2, 0.25) is 5.02 Å². The van der Waals surface area contributed by atoms with Crippen LogP contribution in [0.5, 0.6) is 0 Å².